The minimum absolute atomic E-state index is 0.260. The first-order valence-electron chi connectivity index (χ1n) is 9.70. The number of hydrogen-bond acceptors (Lipinski definition) is 4. The van der Waals surface area contributed by atoms with E-state index in [4.69, 9.17) is 4.74 Å². The van der Waals surface area contributed by atoms with Crippen molar-refractivity contribution in [2.75, 3.05) is 13.7 Å². The van der Waals surface area contributed by atoms with Gasteiger partial charge in [-0.1, -0.05) is 48.5 Å². The first kappa shape index (κ1) is 21.1. The molecular weight excluding hydrogens is 382 g/mol. The van der Waals surface area contributed by atoms with Gasteiger partial charge in [-0.05, 0) is 17.2 Å². The third-order valence-corrected chi connectivity index (χ3v) is 4.79. The van der Waals surface area contributed by atoms with E-state index in [-0.39, 0.29) is 24.8 Å². The highest BCUT2D eigenvalue weighted by Gasteiger charge is 2.24. The van der Waals surface area contributed by atoms with Crippen LogP contribution in [0.4, 0.5) is 0 Å². The highest BCUT2D eigenvalue weighted by molar-refractivity contribution is 5.88. The molecule has 0 aliphatic carbocycles. The Morgan fingerprint density at radius 3 is 2.50 bits per heavy atom. The number of esters is 1. The van der Waals surface area contributed by atoms with Gasteiger partial charge >= 0.3 is 5.97 Å². The Labute approximate surface area is 175 Å². The van der Waals surface area contributed by atoms with Gasteiger partial charge in [-0.3, -0.25) is 9.59 Å². The molecule has 0 fully saturated rings. The molecule has 1 aromatic heterocycles. The fraction of sp³-hybridized carbons (Fsp3) is 0.261. The zero-order valence-corrected chi connectivity index (χ0v) is 17.1. The second kappa shape index (κ2) is 9.73. The SMILES string of the molecule is CC(=O)NC(Cc1c[nH]c2ccccc12)C(=O)OCC(=O)N(C)Cc1ccccc1. The van der Waals surface area contributed by atoms with Crippen LogP contribution < -0.4 is 5.32 Å². The Kier molecular flexibility index (Phi) is 6.85. The van der Waals surface area contributed by atoms with Crippen LogP contribution in [0.1, 0.15) is 18.1 Å². The van der Waals surface area contributed by atoms with Crippen molar-refractivity contribution < 1.29 is 19.1 Å². The largest absolute Gasteiger partial charge is 0.454 e. The van der Waals surface area contributed by atoms with Gasteiger partial charge in [0.25, 0.3) is 5.91 Å². The molecule has 3 aromatic rings. The summed E-state index contributed by atoms with van der Waals surface area (Å²) in [5.74, 6) is -1.30. The molecule has 2 N–H and O–H groups in total. The molecule has 1 heterocycles. The molecule has 0 aliphatic rings. The lowest BCUT2D eigenvalue weighted by Crippen LogP contribution is -2.43. The standard InChI is InChI=1S/C23H25N3O4/c1-16(27)25-21(12-18-13-24-20-11-7-6-10-19(18)20)23(29)30-15-22(28)26(2)14-17-8-4-3-5-9-17/h3-11,13,21,24H,12,14-15H2,1-2H3,(H,25,27). The Morgan fingerprint density at radius 2 is 1.77 bits per heavy atom. The van der Waals surface area contributed by atoms with Gasteiger partial charge in [0.1, 0.15) is 6.04 Å². The molecule has 2 amide bonds. The second-order valence-electron chi connectivity index (χ2n) is 7.16. The van der Waals surface area contributed by atoms with Gasteiger partial charge in [-0.2, -0.15) is 0 Å². The Hall–Kier alpha value is -3.61. The number of ether oxygens (including phenoxy) is 1. The molecule has 0 aliphatic heterocycles. The maximum atomic E-state index is 12.6. The van der Waals surface area contributed by atoms with Crippen LogP contribution >= 0.6 is 0 Å². The van der Waals surface area contributed by atoms with Crippen LogP contribution in [-0.4, -0.2) is 47.4 Å². The number of nitrogens with zero attached hydrogens (tertiary/aromatic N) is 1. The lowest BCUT2D eigenvalue weighted by Gasteiger charge is -2.19. The number of aromatic nitrogens is 1. The van der Waals surface area contributed by atoms with Crippen LogP contribution in [0.2, 0.25) is 0 Å². The summed E-state index contributed by atoms with van der Waals surface area (Å²) in [6, 6.07) is 16.4. The number of fused-ring (bicyclic) bond motifs is 1. The molecule has 2 aromatic carbocycles. The molecule has 0 radical (unpaired) electrons. The van der Waals surface area contributed by atoms with Crippen molar-refractivity contribution in [2.24, 2.45) is 0 Å². The van der Waals surface area contributed by atoms with Gasteiger partial charge in [0.05, 0.1) is 0 Å². The molecule has 7 nitrogen and oxygen atoms in total. The molecule has 156 valence electrons. The summed E-state index contributed by atoms with van der Waals surface area (Å²) in [6.07, 6.45) is 2.07. The van der Waals surface area contributed by atoms with E-state index in [0.717, 1.165) is 22.0 Å². The fourth-order valence-electron chi connectivity index (χ4n) is 3.25. The van der Waals surface area contributed by atoms with Gasteiger partial charge in [0.15, 0.2) is 6.61 Å². The minimum atomic E-state index is -0.881. The number of benzene rings is 2. The van der Waals surface area contributed by atoms with Gasteiger partial charge in [0, 0.05) is 44.0 Å². The molecule has 0 spiro atoms. The molecule has 0 saturated heterocycles. The van der Waals surface area contributed by atoms with Crippen molar-refractivity contribution in [2.45, 2.75) is 25.9 Å². The van der Waals surface area contributed by atoms with E-state index in [1.54, 1.807) is 7.05 Å². The number of H-pyrrole nitrogens is 1. The number of carbonyl (C=O) groups is 3. The summed E-state index contributed by atoms with van der Waals surface area (Å²) in [6.45, 7) is 1.38. The van der Waals surface area contributed by atoms with Gasteiger partial charge in [-0.15, -0.1) is 0 Å². The van der Waals surface area contributed by atoms with Crippen LogP contribution in [0.25, 0.3) is 10.9 Å². The summed E-state index contributed by atoms with van der Waals surface area (Å²) in [7, 11) is 1.65. The number of aromatic amines is 1. The summed E-state index contributed by atoms with van der Waals surface area (Å²) in [5, 5.41) is 3.59. The summed E-state index contributed by atoms with van der Waals surface area (Å²) in [4.78, 5) is 41.2. The van der Waals surface area contributed by atoms with Crippen molar-refractivity contribution >= 4 is 28.7 Å². The van der Waals surface area contributed by atoms with Gasteiger partial charge in [-0.25, -0.2) is 4.79 Å². The van der Waals surface area contributed by atoms with E-state index in [2.05, 4.69) is 10.3 Å². The van der Waals surface area contributed by atoms with Crippen LogP contribution in [0.5, 0.6) is 0 Å². The van der Waals surface area contributed by atoms with E-state index < -0.39 is 12.0 Å². The van der Waals surface area contributed by atoms with E-state index in [1.807, 2.05) is 60.8 Å². The average Bonchev–Trinajstić information content (AvgIpc) is 3.14. The van der Waals surface area contributed by atoms with Crippen LogP contribution in [-0.2, 0) is 32.1 Å². The average molecular weight is 407 g/mol. The van der Waals surface area contributed by atoms with E-state index in [9.17, 15) is 14.4 Å². The van der Waals surface area contributed by atoms with Crippen molar-refractivity contribution in [1.82, 2.24) is 15.2 Å². The Morgan fingerprint density at radius 1 is 1.07 bits per heavy atom. The zero-order chi connectivity index (χ0) is 21.5. The summed E-state index contributed by atoms with van der Waals surface area (Å²) in [5.41, 5.74) is 2.81. The van der Waals surface area contributed by atoms with Crippen LogP contribution in [0, 0.1) is 0 Å². The van der Waals surface area contributed by atoms with E-state index in [0.29, 0.717) is 6.54 Å². The normalized spacial score (nSPS) is 11.7. The monoisotopic (exact) mass is 407 g/mol. The quantitative estimate of drug-likeness (QED) is 0.561. The Bertz CT molecular complexity index is 1030. The number of amides is 2. The predicted octanol–water partition coefficient (Wildman–Crippen LogP) is 2.42. The molecule has 0 bridgehead atoms. The molecule has 1 atom stereocenters. The van der Waals surface area contributed by atoms with Gasteiger partial charge < -0.3 is 19.9 Å². The smallest absolute Gasteiger partial charge is 0.329 e. The molecule has 1 unspecified atom stereocenters. The second-order valence-corrected chi connectivity index (χ2v) is 7.16. The molecule has 7 heteroatoms. The lowest BCUT2D eigenvalue weighted by molar-refractivity contribution is -0.154. The van der Waals surface area contributed by atoms with Crippen molar-refractivity contribution in [3.05, 3.63) is 71.9 Å². The fourth-order valence-corrected chi connectivity index (χ4v) is 3.25. The van der Waals surface area contributed by atoms with E-state index >= 15 is 0 Å². The Balaban J connectivity index is 1.61. The highest BCUT2D eigenvalue weighted by atomic mass is 16.5. The third-order valence-electron chi connectivity index (χ3n) is 4.79. The molecule has 30 heavy (non-hydrogen) atoms. The number of nitrogens with one attached hydrogen (secondary N) is 2. The summed E-state index contributed by atoms with van der Waals surface area (Å²) < 4.78 is 5.23. The number of likely N-dealkylation sites (N-methyl/N-ethyl adjacent to an activating group) is 1. The number of carbonyl (C=O) groups excluding carboxylic acids is 3. The van der Waals surface area contributed by atoms with Crippen molar-refractivity contribution in [3.63, 3.8) is 0 Å². The zero-order valence-electron chi connectivity index (χ0n) is 17.1. The summed E-state index contributed by atoms with van der Waals surface area (Å²) >= 11 is 0. The first-order chi connectivity index (χ1) is 14.4. The molecule has 3 rings (SSSR count). The first-order valence-corrected chi connectivity index (χ1v) is 9.70. The third kappa shape index (κ3) is 5.47. The molecule has 0 saturated carbocycles. The minimum Gasteiger partial charge on any atom is -0.454 e. The highest BCUT2D eigenvalue weighted by Crippen LogP contribution is 2.19. The van der Waals surface area contributed by atoms with Gasteiger partial charge in [0.2, 0.25) is 5.91 Å². The number of rotatable bonds is 8. The maximum absolute atomic E-state index is 12.6. The topological polar surface area (TPSA) is 91.5 Å². The van der Waals surface area contributed by atoms with Crippen molar-refractivity contribution in [1.29, 1.82) is 0 Å². The number of para-hydroxylation sites is 1. The predicted molar refractivity (Wildman–Crippen MR) is 113 cm³/mol. The van der Waals surface area contributed by atoms with Crippen LogP contribution in [0.3, 0.4) is 0 Å². The van der Waals surface area contributed by atoms with Crippen LogP contribution in [0.15, 0.2) is 60.8 Å². The number of hydrogen-bond donors (Lipinski definition) is 2. The van der Waals surface area contributed by atoms with E-state index in [1.165, 1.54) is 11.8 Å². The maximum Gasteiger partial charge on any atom is 0.329 e. The lowest BCUT2D eigenvalue weighted by atomic mass is 10.0. The molecular formula is C23H25N3O4. The van der Waals surface area contributed by atoms with Crippen molar-refractivity contribution in [3.8, 4) is 0 Å².